The molecule has 2 rings (SSSR count). The highest BCUT2D eigenvalue weighted by Crippen LogP contribution is 2.33. The van der Waals surface area contributed by atoms with Crippen molar-refractivity contribution in [2.45, 2.75) is 6.10 Å². The lowest BCUT2D eigenvalue weighted by Gasteiger charge is -2.14. The van der Waals surface area contributed by atoms with Crippen LogP contribution >= 0.6 is 27.5 Å². The van der Waals surface area contributed by atoms with Crippen LogP contribution in [0.1, 0.15) is 17.4 Å². The molecule has 0 fully saturated rings. The van der Waals surface area contributed by atoms with Crippen LogP contribution < -0.4 is 4.74 Å². The molecule has 0 spiro atoms. The van der Waals surface area contributed by atoms with E-state index in [1.54, 1.807) is 0 Å². The van der Waals surface area contributed by atoms with Crippen LogP contribution in [0.4, 0.5) is 4.39 Å². The maximum atomic E-state index is 13.3. The van der Waals surface area contributed by atoms with Crippen molar-refractivity contribution in [1.82, 2.24) is 9.97 Å². The van der Waals surface area contributed by atoms with Gasteiger partial charge in [-0.25, -0.2) is 9.37 Å². The van der Waals surface area contributed by atoms with Crippen LogP contribution in [0.5, 0.6) is 5.88 Å². The van der Waals surface area contributed by atoms with Crippen LogP contribution in [0.15, 0.2) is 29.0 Å². The van der Waals surface area contributed by atoms with Gasteiger partial charge in [0.05, 0.1) is 11.6 Å². The van der Waals surface area contributed by atoms with Gasteiger partial charge in [-0.2, -0.15) is 0 Å². The summed E-state index contributed by atoms with van der Waals surface area (Å²) in [5.41, 5.74) is 0.527. The van der Waals surface area contributed by atoms with Crippen molar-refractivity contribution in [1.29, 1.82) is 0 Å². The highest BCUT2D eigenvalue weighted by Gasteiger charge is 2.21. The summed E-state index contributed by atoms with van der Waals surface area (Å²) in [5, 5.41) is 10.4. The Kier molecular flexibility index (Phi) is 4.34. The van der Waals surface area contributed by atoms with E-state index in [0.717, 1.165) is 6.07 Å². The van der Waals surface area contributed by atoms with Gasteiger partial charge in [-0.15, -0.1) is 0 Å². The van der Waals surface area contributed by atoms with Crippen LogP contribution in [-0.2, 0) is 0 Å². The standard InChI is InChI=1S/C12H9BrClFN2O2/c1-19-12-10(16-2-3-17-12)11(18)6-4-7(13)9(15)5-8(6)14/h2-5,11,18H,1H3. The first-order chi connectivity index (χ1) is 9.04. The lowest BCUT2D eigenvalue weighted by atomic mass is 10.1. The lowest BCUT2D eigenvalue weighted by Crippen LogP contribution is -2.07. The first-order valence-corrected chi connectivity index (χ1v) is 6.39. The first-order valence-electron chi connectivity index (χ1n) is 5.22. The molecule has 2 aromatic rings. The predicted octanol–water partition coefficient (Wildman–Crippen LogP) is 3.12. The fraction of sp³-hybridized carbons (Fsp3) is 0.167. The molecule has 0 aliphatic carbocycles. The molecule has 1 aromatic carbocycles. The smallest absolute Gasteiger partial charge is 0.238 e. The van der Waals surface area contributed by atoms with Crippen molar-refractivity contribution in [3.63, 3.8) is 0 Å². The number of nitrogens with zero attached hydrogens (tertiary/aromatic N) is 2. The molecular formula is C12H9BrClFN2O2. The zero-order valence-electron chi connectivity index (χ0n) is 9.77. The molecule has 0 aliphatic heterocycles. The third-order valence-electron chi connectivity index (χ3n) is 2.48. The Labute approximate surface area is 122 Å². The Balaban J connectivity index is 2.50. The summed E-state index contributed by atoms with van der Waals surface area (Å²) in [6.07, 6.45) is 1.71. The van der Waals surface area contributed by atoms with Crippen molar-refractivity contribution < 1.29 is 14.2 Å². The Bertz CT molecular complexity index is 612. The molecule has 0 saturated carbocycles. The van der Waals surface area contributed by atoms with Crippen molar-refractivity contribution in [3.05, 3.63) is 51.1 Å². The van der Waals surface area contributed by atoms with Gasteiger partial charge in [0.25, 0.3) is 0 Å². The van der Waals surface area contributed by atoms with Crippen molar-refractivity contribution >= 4 is 27.5 Å². The van der Waals surface area contributed by atoms with Gasteiger partial charge in [-0.1, -0.05) is 11.6 Å². The summed E-state index contributed by atoms with van der Waals surface area (Å²) < 4.78 is 18.5. The van der Waals surface area contributed by atoms with Gasteiger partial charge in [0.2, 0.25) is 5.88 Å². The number of hydrogen-bond acceptors (Lipinski definition) is 4. The number of rotatable bonds is 3. The molecule has 100 valence electrons. The normalized spacial score (nSPS) is 12.3. The van der Waals surface area contributed by atoms with Crippen LogP contribution in [0.25, 0.3) is 0 Å². The highest BCUT2D eigenvalue weighted by molar-refractivity contribution is 9.10. The third-order valence-corrected chi connectivity index (χ3v) is 3.41. The molecule has 1 unspecified atom stereocenters. The van der Waals surface area contributed by atoms with E-state index in [2.05, 4.69) is 25.9 Å². The minimum Gasteiger partial charge on any atom is -0.480 e. The number of aromatic nitrogens is 2. The first kappa shape index (κ1) is 14.2. The molecule has 4 nitrogen and oxygen atoms in total. The van der Waals surface area contributed by atoms with Gasteiger partial charge in [0, 0.05) is 23.0 Å². The monoisotopic (exact) mass is 346 g/mol. The zero-order chi connectivity index (χ0) is 14.0. The minimum absolute atomic E-state index is 0.0981. The number of aliphatic hydroxyl groups is 1. The molecule has 1 atom stereocenters. The summed E-state index contributed by atoms with van der Waals surface area (Å²) >= 11 is 8.98. The van der Waals surface area contributed by atoms with E-state index in [1.165, 1.54) is 25.6 Å². The average molecular weight is 348 g/mol. The molecule has 0 bridgehead atoms. The second kappa shape index (κ2) is 5.81. The maximum Gasteiger partial charge on any atom is 0.238 e. The van der Waals surface area contributed by atoms with E-state index in [4.69, 9.17) is 16.3 Å². The molecule has 1 N–H and O–H groups in total. The molecule has 7 heteroatoms. The summed E-state index contributed by atoms with van der Waals surface area (Å²) in [4.78, 5) is 7.95. The number of halogens is 3. The zero-order valence-corrected chi connectivity index (χ0v) is 12.1. The van der Waals surface area contributed by atoms with E-state index in [-0.39, 0.29) is 21.1 Å². The van der Waals surface area contributed by atoms with Gasteiger partial charge in [-0.3, -0.25) is 4.98 Å². The van der Waals surface area contributed by atoms with Gasteiger partial charge in [0.15, 0.2) is 0 Å². The Morgan fingerprint density at radius 1 is 1.37 bits per heavy atom. The Morgan fingerprint density at radius 3 is 2.74 bits per heavy atom. The molecule has 19 heavy (non-hydrogen) atoms. The summed E-state index contributed by atoms with van der Waals surface area (Å²) in [6.45, 7) is 0. The van der Waals surface area contributed by atoms with Gasteiger partial charge in [0.1, 0.15) is 17.6 Å². The van der Waals surface area contributed by atoms with E-state index in [0.29, 0.717) is 5.56 Å². The molecule has 0 amide bonds. The Hall–Kier alpha value is -1.24. The lowest BCUT2D eigenvalue weighted by molar-refractivity contribution is 0.207. The largest absolute Gasteiger partial charge is 0.480 e. The van der Waals surface area contributed by atoms with Crippen LogP contribution in [-0.4, -0.2) is 22.2 Å². The van der Waals surface area contributed by atoms with Crippen LogP contribution in [0.3, 0.4) is 0 Å². The van der Waals surface area contributed by atoms with E-state index < -0.39 is 11.9 Å². The molecular weight excluding hydrogens is 338 g/mol. The van der Waals surface area contributed by atoms with Crippen LogP contribution in [0.2, 0.25) is 5.02 Å². The number of hydrogen-bond donors (Lipinski definition) is 1. The number of ether oxygens (including phenoxy) is 1. The minimum atomic E-state index is -1.16. The number of benzene rings is 1. The number of methoxy groups -OCH3 is 1. The SMILES string of the molecule is COc1nccnc1C(O)c1cc(Br)c(F)cc1Cl. The molecule has 0 radical (unpaired) electrons. The topological polar surface area (TPSA) is 55.2 Å². The van der Waals surface area contributed by atoms with Gasteiger partial charge in [-0.05, 0) is 28.1 Å². The molecule has 0 aliphatic rings. The fourth-order valence-electron chi connectivity index (χ4n) is 1.58. The summed E-state index contributed by atoms with van der Waals surface area (Å²) in [7, 11) is 1.42. The fourth-order valence-corrected chi connectivity index (χ4v) is 2.19. The maximum absolute atomic E-state index is 13.3. The van der Waals surface area contributed by atoms with Gasteiger partial charge < -0.3 is 9.84 Å². The molecule has 1 heterocycles. The van der Waals surface area contributed by atoms with Gasteiger partial charge >= 0.3 is 0 Å². The predicted molar refractivity (Wildman–Crippen MR) is 71.8 cm³/mol. The molecule has 0 saturated heterocycles. The second-order valence-corrected chi connectivity index (χ2v) is 4.90. The second-order valence-electron chi connectivity index (χ2n) is 3.64. The highest BCUT2D eigenvalue weighted by atomic mass is 79.9. The quantitative estimate of drug-likeness (QED) is 0.867. The van der Waals surface area contributed by atoms with E-state index >= 15 is 0 Å². The van der Waals surface area contributed by atoms with Crippen molar-refractivity contribution in [2.24, 2.45) is 0 Å². The summed E-state index contributed by atoms with van der Waals surface area (Å²) in [6, 6.07) is 2.52. The average Bonchev–Trinajstić information content (AvgIpc) is 2.42. The number of aliphatic hydroxyl groups excluding tert-OH is 1. The third kappa shape index (κ3) is 2.86. The molecule has 1 aromatic heterocycles. The van der Waals surface area contributed by atoms with E-state index in [9.17, 15) is 9.50 Å². The Morgan fingerprint density at radius 2 is 2.05 bits per heavy atom. The van der Waals surface area contributed by atoms with Crippen LogP contribution in [0, 0.1) is 5.82 Å². The van der Waals surface area contributed by atoms with Crippen molar-refractivity contribution in [3.8, 4) is 5.88 Å². The van der Waals surface area contributed by atoms with E-state index in [1.807, 2.05) is 0 Å². The van der Waals surface area contributed by atoms with Crippen molar-refractivity contribution in [2.75, 3.05) is 7.11 Å². The summed E-state index contributed by atoms with van der Waals surface area (Å²) in [5.74, 6) is -0.321.